The van der Waals surface area contributed by atoms with E-state index in [2.05, 4.69) is 4.74 Å². The molecule has 0 aliphatic carbocycles. The third-order valence-electron chi connectivity index (χ3n) is 5.71. The molecule has 4 aromatic rings. The van der Waals surface area contributed by atoms with Crippen LogP contribution in [0.4, 0.5) is 26.3 Å². The first-order valence-electron chi connectivity index (χ1n) is 11.2. The zero-order chi connectivity index (χ0) is 30.5. The molecule has 0 radical (unpaired) electrons. The molecule has 2 N–H and O–H groups in total. The molecule has 0 unspecified atom stereocenters. The van der Waals surface area contributed by atoms with Gasteiger partial charge in [0.05, 0.1) is 16.8 Å². The third-order valence-corrected chi connectivity index (χ3v) is 8.20. The van der Waals surface area contributed by atoms with Gasteiger partial charge in [-0.1, -0.05) is 0 Å². The van der Waals surface area contributed by atoms with Crippen LogP contribution in [0.2, 0.25) is 0 Å². The molecule has 17 heteroatoms. The van der Waals surface area contributed by atoms with E-state index in [9.17, 15) is 49.5 Å². The van der Waals surface area contributed by atoms with E-state index in [1.165, 1.54) is 37.3 Å². The first-order valence-corrected chi connectivity index (χ1v) is 13.9. The number of aliphatic hydroxyl groups is 1. The Morgan fingerprint density at radius 1 is 1.02 bits per heavy atom. The van der Waals surface area contributed by atoms with Crippen LogP contribution in [0.5, 0.6) is 17.2 Å². The monoisotopic (exact) mass is 624 g/mol. The molecule has 0 saturated heterocycles. The van der Waals surface area contributed by atoms with Crippen LogP contribution in [0.15, 0.2) is 56.9 Å². The number of halogens is 6. The Kier molecular flexibility index (Phi) is 7.74. The first kappa shape index (κ1) is 30.1. The van der Waals surface area contributed by atoms with Crippen molar-refractivity contribution < 1.29 is 49.3 Å². The van der Waals surface area contributed by atoms with Crippen LogP contribution in [0, 0.1) is 6.92 Å². The van der Waals surface area contributed by atoms with Crippen LogP contribution in [-0.4, -0.2) is 48.0 Å². The highest BCUT2D eigenvalue weighted by molar-refractivity contribution is 7.90. The molecule has 0 amide bonds. The fraction of sp³-hybridized carbons (Fsp3) is 0.250. The smallest absolute Gasteiger partial charge is 0.453 e. The molecule has 41 heavy (non-hydrogen) atoms. The highest BCUT2D eigenvalue weighted by Gasteiger charge is 2.39. The van der Waals surface area contributed by atoms with Crippen molar-refractivity contribution in [2.45, 2.75) is 37.0 Å². The number of fused-ring (bicyclic) bond motifs is 1. The summed E-state index contributed by atoms with van der Waals surface area (Å²) in [7, 11) is -3.54. The summed E-state index contributed by atoms with van der Waals surface area (Å²) in [6.45, 7) is 0.152. The van der Waals surface area contributed by atoms with E-state index in [0.29, 0.717) is 15.9 Å². The van der Waals surface area contributed by atoms with Gasteiger partial charge in [-0.15, -0.1) is 24.5 Å². The lowest BCUT2D eigenvalue weighted by atomic mass is 10.1. The van der Waals surface area contributed by atoms with Gasteiger partial charge in [-0.3, -0.25) is 14.3 Å². The first-order chi connectivity index (χ1) is 18.8. The summed E-state index contributed by atoms with van der Waals surface area (Å²) >= 11 is 0.655. The molecular formula is C24H18F6N2O7S2. The maximum atomic E-state index is 13.3. The van der Waals surface area contributed by atoms with Crippen molar-refractivity contribution in [1.82, 2.24) is 9.55 Å². The van der Waals surface area contributed by atoms with E-state index in [-0.39, 0.29) is 36.9 Å². The Balaban J connectivity index is 1.82. The maximum absolute atomic E-state index is 13.3. The molecule has 4 rings (SSSR count). The summed E-state index contributed by atoms with van der Waals surface area (Å²) in [6.07, 6.45) is -12.2. The normalized spacial score (nSPS) is 13.4. The van der Waals surface area contributed by atoms with E-state index < -0.39 is 57.8 Å². The van der Waals surface area contributed by atoms with Gasteiger partial charge in [-0.25, -0.2) is 13.2 Å². The SMILES string of the molecule is Cc1c(-c2ccc(Oc3ccc(S(C)(=O)=O)cc3)c(OC(F)(F)F)c2)sc2c1c(=O)[nH]c(=O)n2C[C@@H](O)C(F)(F)F. The fourth-order valence-corrected chi connectivity index (χ4v) is 5.75. The number of aromatic amines is 1. The molecule has 2 heterocycles. The van der Waals surface area contributed by atoms with Crippen molar-refractivity contribution in [2.24, 2.45) is 0 Å². The lowest BCUT2D eigenvalue weighted by Gasteiger charge is -2.16. The molecular weight excluding hydrogens is 606 g/mol. The summed E-state index contributed by atoms with van der Waals surface area (Å²) in [6, 6.07) is 8.15. The van der Waals surface area contributed by atoms with Crippen molar-refractivity contribution in [3.05, 3.63) is 68.9 Å². The minimum atomic E-state index is -5.17. The third kappa shape index (κ3) is 6.57. The minimum absolute atomic E-state index is 0.0195. The van der Waals surface area contributed by atoms with E-state index in [4.69, 9.17) is 4.74 Å². The summed E-state index contributed by atoms with van der Waals surface area (Å²) in [4.78, 5) is 26.6. The molecule has 0 bridgehead atoms. The Bertz CT molecular complexity index is 1840. The predicted octanol–water partition coefficient (Wildman–Crippen LogP) is 4.74. The van der Waals surface area contributed by atoms with E-state index in [1.807, 2.05) is 4.98 Å². The van der Waals surface area contributed by atoms with Gasteiger partial charge in [-0.05, 0) is 60.5 Å². The predicted molar refractivity (Wildman–Crippen MR) is 135 cm³/mol. The van der Waals surface area contributed by atoms with Gasteiger partial charge in [0.25, 0.3) is 5.56 Å². The second-order valence-electron chi connectivity index (χ2n) is 8.72. The highest BCUT2D eigenvalue weighted by atomic mass is 32.2. The Morgan fingerprint density at radius 3 is 2.22 bits per heavy atom. The summed E-state index contributed by atoms with van der Waals surface area (Å²) in [5, 5.41) is 9.31. The number of hydrogen-bond donors (Lipinski definition) is 2. The summed E-state index contributed by atoms with van der Waals surface area (Å²) < 4.78 is 112. The second kappa shape index (κ2) is 10.5. The van der Waals surface area contributed by atoms with Gasteiger partial charge in [0.15, 0.2) is 27.4 Å². The van der Waals surface area contributed by atoms with E-state index in [1.54, 1.807) is 0 Å². The molecule has 2 aromatic carbocycles. The molecule has 1 atom stereocenters. The summed E-state index contributed by atoms with van der Waals surface area (Å²) in [5.74, 6) is -1.26. The molecule has 9 nitrogen and oxygen atoms in total. The van der Waals surface area contributed by atoms with Gasteiger partial charge in [0.1, 0.15) is 10.6 Å². The molecule has 0 saturated carbocycles. The van der Waals surface area contributed by atoms with Crippen LogP contribution in [0.25, 0.3) is 20.7 Å². The van der Waals surface area contributed by atoms with E-state index >= 15 is 0 Å². The van der Waals surface area contributed by atoms with Crippen molar-refractivity contribution >= 4 is 31.4 Å². The van der Waals surface area contributed by atoms with Crippen LogP contribution in [0.1, 0.15) is 5.56 Å². The molecule has 2 aromatic heterocycles. The number of aryl methyl sites for hydroxylation is 1. The van der Waals surface area contributed by atoms with Crippen molar-refractivity contribution in [1.29, 1.82) is 0 Å². The maximum Gasteiger partial charge on any atom is 0.573 e. The number of aliphatic hydroxyl groups excluding tert-OH is 1. The number of aromatic nitrogens is 2. The number of alkyl halides is 6. The molecule has 0 spiro atoms. The number of H-pyrrole nitrogens is 1. The largest absolute Gasteiger partial charge is 0.573 e. The van der Waals surface area contributed by atoms with Gasteiger partial charge in [0, 0.05) is 11.1 Å². The molecule has 220 valence electrons. The topological polar surface area (TPSA) is 128 Å². The summed E-state index contributed by atoms with van der Waals surface area (Å²) in [5.41, 5.74) is -1.97. The standard InChI is InChI=1S/C24H18F6N2O7S2/c1-11-18-20(34)31-22(35)32(10-17(33)23(25,26)27)21(18)40-19(11)12-3-8-15(16(9-12)39-24(28,29)30)38-13-4-6-14(7-5-13)41(2,36)37/h3-9,17,33H,10H2,1-2H3,(H,31,34,35)/t17-/m1/s1. The van der Waals surface area contributed by atoms with Crippen LogP contribution >= 0.6 is 11.3 Å². The Morgan fingerprint density at radius 2 is 1.66 bits per heavy atom. The number of rotatable bonds is 7. The molecule has 0 aliphatic rings. The Hall–Kier alpha value is -3.83. The minimum Gasteiger partial charge on any atom is -0.453 e. The quantitative estimate of drug-likeness (QED) is 0.284. The number of hydrogen-bond acceptors (Lipinski definition) is 8. The van der Waals surface area contributed by atoms with Gasteiger partial charge >= 0.3 is 18.2 Å². The Labute approximate surface area is 230 Å². The molecule has 0 aliphatic heterocycles. The van der Waals surface area contributed by atoms with E-state index in [0.717, 1.165) is 18.4 Å². The average molecular weight is 625 g/mol. The average Bonchev–Trinajstić information content (AvgIpc) is 3.18. The number of sulfone groups is 1. The van der Waals surface area contributed by atoms with Crippen LogP contribution in [-0.2, 0) is 16.4 Å². The van der Waals surface area contributed by atoms with Crippen molar-refractivity contribution in [3.8, 4) is 27.7 Å². The second-order valence-corrected chi connectivity index (χ2v) is 11.7. The fourth-order valence-electron chi connectivity index (χ4n) is 3.81. The highest BCUT2D eigenvalue weighted by Crippen LogP contribution is 2.42. The number of nitrogens with zero attached hydrogens (tertiary/aromatic N) is 1. The van der Waals surface area contributed by atoms with Gasteiger partial charge in [0.2, 0.25) is 0 Å². The number of thiophene rings is 1. The zero-order valence-corrected chi connectivity index (χ0v) is 22.4. The van der Waals surface area contributed by atoms with Gasteiger partial charge in [-0.2, -0.15) is 13.2 Å². The molecule has 0 fully saturated rings. The zero-order valence-electron chi connectivity index (χ0n) is 20.8. The lowest BCUT2D eigenvalue weighted by molar-refractivity contribution is -0.275. The van der Waals surface area contributed by atoms with Crippen LogP contribution < -0.4 is 20.7 Å². The number of nitrogens with one attached hydrogen (secondary N) is 1. The lowest BCUT2D eigenvalue weighted by Crippen LogP contribution is -2.38. The van der Waals surface area contributed by atoms with Crippen molar-refractivity contribution in [2.75, 3.05) is 6.26 Å². The van der Waals surface area contributed by atoms with Crippen LogP contribution in [0.3, 0.4) is 0 Å². The number of benzene rings is 2. The van der Waals surface area contributed by atoms with Crippen molar-refractivity contribution in [3.63, 3.8) is 0 Å². The number of ether oxygens (including phenoxy) is 2. The van der Waals surface area contributed by atoms with Gasteiger partial charge < -0.3 is 14.6 Å².